The number of pyridine rings is 1. The van der Waals surface area contributed by atoms with Gasteiger partial charge in [0.15, 0.2) is 9.92 Å². The van der Waals surface area contributed by atoms with Crippen molar-refractivity contribution in [2.45, 2.75) is 37.6 Å². The number of carbonyl (C=O) groups is 1. The number of nitrogens with two attached hydrogens (primary N) is 1. The average Bonchev–Trinajstić information content (AvgIpc) is 3.33. The number of nitrogens with zero attached hydrogens (tertiary/aromatic N) is 4. The zero-order chi connectivity index (χ0) is 25.5. The molecular formula is C21H21F3N6O4S. The van der Waals surface area contributed by atoms with E-state index < -0.39 is 27.7 Å². The molecular weight excluding hydrogens is 489 g/mol. The van der Waals surface area contributed by atoms with Gasteiger partial charge < -0.3 is 14.8 Å². The van der Waals surface area contributed by atoms with Crippen molar-refractivity contribution in [3.8, 4) is 22.9 Å². The average molecular weight is 510 g/mol. The molecule has 1 aliphatic heterocycles. The van der Waals surface area contributed by atoms with E-state index >= 15 is 0 Å². The number of benzene rings is 1. The second kappa shape index (κ2) is 8.85. The first kappa shape index (κ1) is 24.5. The monoisotopic (exact) mass is 510 g/mol. The van der Waals surface area contributed by atoms with E-state index in [1.54, 1.807) is 6.92 Å². The Morgan fingerprint density at radius 3 is 2.80 bits per heavy atom. The van der Waals surface area contributed by atoms with Crippen LogP contribution < -0.4 is 19.9 Å². The van der Waals surface area contributed by atoms with Gasteiger partial charge >= 0.3 is 12.2 Å². The Labute approximate surface area is 198 Å². The molecule has 0 fully saturated rings. The van der Waals surface area contributed by atoms with Gasteiger partial charge in [-0.25, -0.2) is 23.8 Å². The van der Waals surface area contributed by atoms with E-state index in [4.69, 9.17) is 14.6 Å². The Hall–Kier alpha value is -3.65. The molecule has 1 aromatic carbocycles. The number of methoxy groups -OCH3 is 1. The Balaban J connectivity index is 1.77. The molecule has 35 heavy (non-hydrogen) atoms. The summed E-state index contributed by atoms with van der Waals surface area (Å²) in [7, 11) is -2.43. The number of hydrogen-bond donors (Lipinski definition) is 2. The second-order valence-electron chi connectivity index (χ2n) is 7.76. The molecule has 3 heterocycles. The van der Waals surface area contributed by atoms with Crippen LogP contribution in [-0.4, -0.2) is 38.2 Å². The molecule has 0 spiro atoms. The Morgan fingerprint density at radius 2 is 2.11 bits per heavy atom. The van der Waals surface area contributed by atoms with Gasteiger partial charge in [-0.15, -0.1) is 4.36 Å². The minimum atomic E-state index is -4.68. The normalized spacial score (nSPS) is 16.7. The zero-order valence-electron chi connectivity index (χ0n) is 18.8. The predicted molar refractivity (Wildman–Crippen MR) is 120 cm³/mol. The highest BCUT2D eigenvalue weighted by atomic mass is 32.2. The van der Waals surface area contributed by atoms with Crippen LogP contribution in [-0.2, 0) is 22.6 Å². The molecule has 2 atom stereocenters. The molecule has 4 rings (SSSR count). The third-order valence-electron chi connectivity index (χ3n) is 5.29. The van der Waals surface area contributed by atoms with Crippen LogP contribution in [0.15, 0.2) is 45.9 Å². The lowest BCUT2D eigenvalue weighted by Crippen LogP contribution is -2.19. The topological polar surface area (TPSA) is 134 Å². The number of fused-ring (bicyclic) bond motifs is 1. The van der Waals surface area contributed by atoms with Crippen molar-refractivity contribution >= 4 is 21.6 Å². The summed E-state index contributed by atoms with van der Waals surface area (Å²) < 4.78 is 69.4. The molecule has 14 heteroatoms. The fourth-order valence-corrected chi connectivity index (χ4v) is 4.68. The number of carbonyl (C=O) groups excluding carboxylic acids is 1. The van der Waals surface area contributed by atoms with Crippen LogP contribution in [0.25, 0.3) is 11.1 Å². The maximum atomic E-state index is 13.6. The van der Waals surface area contributed by atoms with E-state index in [9.17, 15) is 22.2 Å². The largest absolute Gasteiger partial charge is 0.481 e. The lowest BCUT2D eigenvalue weighted by molar-refractivity contribution is -0.138. The lowest BCUT2D eigenvalue weighted by Gasteiger charge is -2.18. The van der Waals surface area contributed by atoms with Gasteiger partial charge in [0, 0.05) is 17.8 Å². The van der Waals surface area contributed by atoms with Crippen molar-refractivity contribution < 1.29 is 31.6 Å². The van der Waals surface area contributed by atoms with Gasteiger partial charge in [0.1, 0.15) is 11.0 Å². The fourth-order valence-electron chi connectivity index (χ4n) is 3.69. The molecule has 0 bridgehead atoms. The van der Waals surface area contributed by atoms with E-state index in [0.29, 0.717) is 12.1 Å². The number of ether oxygens (including phenoxy) is 2. The maximum absolute atomic E-state index is 13.6. The molecule has 0 unspecified atom stereocenters. The number of hydrogen-bond acceptors (Lipinski definition) is 6. The third-order valence-corrected chi connectivity index (χ3v) is 6.64. The molecule has 2 amide bonds. The SMILES string of the molecule is COc1cc(-c2ccc(C(F)(F)F)c(C)c2NC(=O)N=[S@](N)(=O)c2cnn3c2O[C@@H](C)C3)ccn1. The number of nitrogens with one attached hydrogen (secondary N) is 1. The van der Waals surface area contributed by atoms with Gasteiger partial charge in [-0.3, -0.25) is 0 Å². The van der Waals surface area contributed by atoms with Gasteiger partial charge in [-0.05, 0) is 37.1 Å². The maximum Gasteiger partial charge on any atom is 0.416 e. The van der Waals surface area contributed by atoms with E-state index in [2.05, 4.69) is 19.8 Å². The Morgan fingerprint density at radius 1 is 1.37 bits per heavy atom. The molecule has 0 aliphatic carbocycles. The minimum Gasteiger partial charge on any atom is -0.481 e. The summed E-state index contributed by atoms with van der Waals surface area (Å²) in [4.78, 5) is 16.7. The van der Waals surface area contributed by atoms with Crippen molar-refractivity contribution in [1.29, 1.82) is 0 Å². The summed E-state index contributed by atoms with van der Waals surface area (Å²) in [6.07, 6.45) is -2.33. The molecule has 186 valence electrons. The van der Waals surface area contributed by atoms with E-state index in [1.165, 1.54) is 49.3 Å². The van der Waals surface area contributed by atoms with Crippen molar-refractivity contribution in [3.05, 3.63) is 47.8 Å². The summed E-state index contributed by atoms with van der Waals surface area (Å²) in [5.41, 5.74) is -0.729. The molecule has 2 aromatic heterocycles. The predicted octanol–water partition coefficient (Wildman–Crippen LogP) is 3.99. The van der Waals surface area contributed by atoms with Crippen LogP contribution in [0.3, 0.4) is 0 Å². The van der Waals surface area contributed by atoms with Crippen molar-refractivity contribution in [2.24, 2.45) is 9.50 Å². The first-order valence-corrected chi connectivity index (χ1v) is 11.8. The number of alkyl halides is 3. The van der Waals surface area contributed by atoms with Crippen LogP contribution in [0.4, 0.5) is 23.7 Å². The van der Waals surface area contributed by atoms with Crippen molar-refractivity contribution in [1.82, 2.24) is 14.8 Å². The van der Waals surface area contributed by atoms with E-state index in [0.717, 1.165) is 6.07 Å². The van der Waals surface area contributed by atoms with Crippen LogP contribution >= 0.6 is 0 Å². The standard InChI is InChI=1S/C21H21F3N6O4S/c1-11-10-30-19(34-11)16(9-27-30)35(25,32)29-20(31)28-18-12(2)15(21(22,23)24)5-4-14(18)13-6-7-26-17(8-13)33-3/h4-9,11H,10H2,1-3H3,(H3,25,28,29,31,32)/t11-,35-/m0/s1. The summed E-state index contributed by atoms with van der Waals surface area (Å²) in [6.45, 7) is 3.38. The molecule has 0 saturated heterocycles. The first-order valence-electron chi connectivity index (χ1n) is 10.2. The first-order chi connectivity index (χ1) is 16.4. The highest BCUT2D eigenvalue weighted by Crippen LogP contribution is 2.40. The number of rotatable bonds is 4. The Kier molecular flexibility index (Phi) is 6.19. The molecule has 3 aromatic rings. The summed E-state index contributed by atoms with van der Waals surface area (Å²) in [5, 5.41) is 12.2. The third kappa shape index (κ3) is 4.79. The van der Waals surface area contributed by atoms with Gasteiger partial charge in [0.05, 0.1) is 31.1 Å². The number of aromatic nitrogens is 3. The van der Waals surface area contributed by atoms with Gasteiger partial charge in [-0.1, -0.05) is 6.07 Å². The van der Waals surface area contributed by atoms with Crippen molar-refractivity contribution in [2.75, 3.05) is 12.4 Å². The molecule has 1 aliphatic rings. The number of urea groups is 1. The van der Waals surface area contributed by atoms with Crippen LogP contribution in [0.1, 0.15) is 18.1 Å². The quantitative estimate of drug-likeness (QED) is 0.545. The minimum absolute atomic E-state index is 0.0862. The summed E-state index contributed by atoms with van der Waals surface area (Å²) in [5.74, 6) is 0.345. The van der Waals surface area contributed by atoms with Gasteiger partial charge in [-0.2, -0.15) is 18.3 Å². The fraction of sp³-hybridized carbons (Fsp3) is 0.286. The molecule has 0 saturated carbocycles. The molecule has 10 nitrogen and oxygen atoms in total. The van der Waals surface area contributed by atoms with E-state index in [-0.39, 0.29) is 39.6 Å². The molecule has 0 radical (unpaired) electrons. The highest BCUT2D eigenvalue weighted by Gasteiger charge is 2.34. The van der Waals surface area contributed by atoms with E-state index in [1.807, 2.05) is 0 Å². The molecule has 3 N–H and O–H groups in total. The summed E-state index contributed by atoms with van der Waals surface area (Å²) in [6, 6.07) is 3.95. The second-order valence-corrected chi connectivity index (χ2v) is 9.52. The smallest absolute Gasteiger partial charge is 0.416 e. The summed E-state index contributed by atoms with van der Waals surface area (Å²) >= 11 is 0. The van der Waals surface area contributed by atoms with Crippen LogP contribution in [0, 0.1) is 6.92 Å². The van der Waals surface area contributed by atoms with Gasteiger partial charge in [0.25, 0.3) is 0 Å². The number of amides is 2. The number of halogens is 3. The lowest BCUT2D eigenvalue weighted by atomic mass is 9.97. The van der Waals surface area contributed by atoms with Crippen molar-refractivity contribution in [3.63, 3.8) is 0 Å². The van der Waals surface area contributed by atoms with Gasteiger partial charge in [0.2, 0.25) is 11.8 Å². The highest BCUT2D eigenvalue weighted by molar-refractivity contribution is 7.91. The van der Waals surface area contributed by atoms with Crippen LogP contribution in [0.5, 0.6) is 11.8 Å². The number of anilines is 1. The zero-order valence-corrected chi connectivity index (χ0v) is 19.6. The van der Waals surface area contributed by atoms with Crippen LogP contribution in [0.2, 0.25) is 0 Å². The Bertz CT molecular complexity index is 1430.